The van der Waals surface area contributed by atoms with Crippen molar-refractivity contribution < 1.29 is 4.74 Å². The SMILES string of the molecule is COCCC(C)Nc1ccncc1Br. The molecule has 0 spiro atoms. The lowest BCUT2D eigenvalue weighted by atomic mass is 10.2. The van der Waals surface area contributed by atoms with Gasteiger partial charge in [0.1, 0.15) is 0 Å². The molecule has 0 bridgehead atoms. The molecule has 0 saturated carbocycles. The molecule has 3 nitrogen and oxygen atoms in total. The monoisotopic (exact) mass is 258 g/mol. The van der Waals surface area contributed by atoms with Crippen molar-refractivity contribution in [1.82, 2.24) is 4.98 Å². The third kappa shape index (κ3) is 3.64. The maximum Gasteiger partial charge on any atom is 0.0590 e. The molecular formula is C10H15BrN2O. The van der Waals surface area contributed by atoms with Crippen LogP contribution in [-0.4, -0.2) is 24.7 Å². The molecule has 0 fully saturated rings. The number of anilines is 1. The zero-order chi connectivity index (χ0) is 10.4. The third-order valence-corrected chi connectivity index (χ3v) is 2.56. The van der Waals surface area contributed by atoms with Gasteiger partial charge in [0.05, 0.1) is 10.2 Å². The summed E-state index contributed by atoms with van der Waals surface area (Å²) in [6, 6.07) is 2.35. The highest BCUT2D eigenvalue weighted by molar-refractivity contribution is 9.10. The second-order valence-electron chi connectivity index (χ2n) is 3.18. The first-order valence-corrected chi connectivity index (χ1v) is 5.38. The van der Waals surface area contributed by atoms with E-state index < -0.39 is 0 Å². The minimum absolute atomic E-state index is 0.397. The fourth-order valence-corrected chi connectivity index (χ4v) is 1.49. The molecule has 0 aliphatic heterocycles. The molecule has 1 heterocycles. The Morgan fingerprint density at radius 1 is 1.64 bits per heavy atom. The number of hydrogen-bond acceptors (Lipinski definition) is 3. The van der Waals surface area contributed by atoms with Crippen LogP contribution in [0.15, 0.2) is 22.9 Å². The standard InChI is InChI=1S/C10H15BrN2O/c1-8(4-6-14-2)13-10-3-5-12-7-9(10)11/h3,5,7-8H,4,6H2,1-2H3,(H,12,13). The van der Waals surface area contributed by atoms with Crippen molar-refractivity contribution in [2.24, 2.45) is 0 Å². The van der Waals surface area contributed by atoms with E-state index >= 15 is 0 Å². The van der Waals surface area contributed by atoms with E-state index in [1.807, 2.05) is 6.07 Å². The molecule has 0 aromatic carbocycles. The van der Waals surface area contributed by atoms with Crippen LogP contribution in [0.2, 0.25) is 0 Å². The first-order valence-electron chi connectivity index (χ1n) is 4.59. The fraction of sp³-hybridized carbons (Fsp3) is 0.500. The lowest BCUT2D eigenvalue weighted by Crippen LogP contribution is -2.17. The Balaban J connectivity index is 2.47. The first-order chi connectivity index (χ1) is 6.74. The number of nitrogens with zero attached hydrogens (tertiary/aromatic N) is 1. The second-order valence-corrected chi connectivity index (χ2v) is 4.04. The van der Waals surface area contributed by atoms with Crippen LogP contribution in [0.4, 0.5) is 5.69 Å². The molecule has 1 atom stereocenters. The van der Waals surface area contributed by atoms with Gasteiger partial charge in [0.25, 0.3) is 0 Å². The van der Waals surface area contributed by atoms with Crippen molar-refractivity contribution in [3.8, 4) is 0 Å². The minimum atomic E-state index is 0.397. The maximum atomic E-state index is 5.02. The molecule has 4 heteroatoms. The largest absolute Gasteiger partial charge is 0.385 e. The number of aromatic nitrogens is 1. The summed E-state index contributed by atoms with van der Waals surface area (Å²) in [5.74, 6) is 0. The van der Waals surface area contributed by atoms with Gasteiger partial charge < -0.3 is 10.1 Å². The number of nitrogens with one attached hydrogen (secondary N) is 1. The summed E-state index contributed by atoms with van der Waals surface area (Å²) in [7, 11) is 1.72. The van der Waals surface area contributed by atoms with Crippen LogP contribution in [0.3, 0.4) is 0 Å². The van der Waals surface area contributed by atoms with Gasteiger partial charge in [-0.05, 0) is 35.3 Å². The summed E-state index contributed by atoms with van der Waals surface area (Å²) in [5.41, 5.74) is 1.07. The Morgan fingerprint density at radius 2 is 2.43 bits per heavy atom. The van der Waals surface area contributed by atoms with Crippen LogP contribution in [0, 0.1) is 0 Å². The molecule has 14 heavy (non-hydrogen) atoms. The summed E-state index contributed by atoms with van der Waals surface area (Å²) in [5, 5.41) is 3.38. The average molecular weight is 259 g/mol. The highest BCUT2D eigenvalue weighted by Crippen LogP contribution is 2.21. The normalized spacial score (nSPS) is 12.5. The second kappa shape index (κ2) is 5.98. The number of rotatable bonds is 5. The Labute approximate surface area is 93.0 Å². The van der Waals surface area contributed by atoms with E-state index in [2.05, 4.69) is 33.2 Å². The van der Waals surface area contributed by atoms with E-state index in [-0.39, 0.29) is 0 Å². The van der Waals surface area contributed by atoms with E-state index in [9.17, 15) is 0 Å². The van der Waals surface area contributed by atoms with Crippen molar-refractivity contribution in [1.29, 1.82) is 0 Å². The van der Waals surface area contributed by atoms with Gasteiger partial charge >= 0.3 is 0 Å². The van der Waals surface area contributed by atoms with Crippen LogP contribution >= 0.6 is 15.9 Å². The molecule has 0 saturated heterocycles. The summed E-state index contributed by atoms with van der Waals surface area (Å²) >= 11 is 3.44. The Morgan fingerprint density at radius 3 is 3.07 bits per heavy atom. The number of hydrogen-bond donors (Lipinski definition) is 1. The van der Waals surface area contributed by atoms with Gasteiger partial charge in [-0.1, -0.05) is 0 Å². The smallest absolute Gasteiger partial charge is 0.0590 e. The van der Waals surface area contributed by atoms with Crippen LogP contribution in [0.5, 0.6) is 0 Å². The van der Waals surface area contributed by atoms with Crippen molar-refractivity contribution >= 4 is 21.6 Å². The van der Waals surface area contributed by atoms with E-state index in [0.717, 1.165) is 23.2 Å². The van der Waals surface area contributed by atoms with Gasteiger partial charge in [0, 0.05) is 32.2 Å². The molecule has 0 radical (unpaired) electrons. The van der Waals surface area contributed by atoms with Gasteiger partial charge in [-0.2, -0.15) is 0 Å². The Bertz CT molecular complexity index is 281. The molecule has 1 unspecified atom stereocenters. The molecule has 0 aliphatic carbocycles. The van der Waals surface area contributed by atoms with Crippen molar-refractivity contribution in [3.05, 3.63) is 22.9 Å². The van der Waals surface area contributed by atoms with Crippen LogP contribution in [0.25, 0.3) is 0 Å². The predicted octanol–water partition coefficient (Wildman–Crippen LogP) is 2.68. The van der Waals surface area contributed by atoms with Crippen LogP contribution in [-0.2, 0) is 4.74 Å². The number of ether oxygens (including phenoxy) is 1. The van der Waals surface area contributed by atoms with Crippen LogP contribution < -0.4 is 5.32 Å². The predicted molar refractivity (Wildman–Crippen MR) is 61.5 cm³/mol. The number of methoxy groups -OCH3 is 1. The first kappa shape index (κ1) is 11.5. The zero-order valence-electron chi connectivity index (χ0n) is 8.46. The lowest BCUT2D eigenvalue weighted by molar-refractivity contribution is 0.191. The number of pyridine rings is 1. The summed E-state index contributed by atoms with van der Waals surface area (Å²) in [4.78, 5) is 4.00. The van der Waals surface area contributed by atoms with E-state index in [0.29, 0.717) is 6.04 Å². The van der Waals surface area contributed by atoms with E-state index in [1.54, 1.807) is 19.5 Å². The topological polar surface area (TPSA) is 34.1 Å². The maximum absolute atomic E-state index is 5.02. The number of halogens is 1. The van der Waals surface area contributed by atoms with Gasteiger partial charge in [-0.3, -0.25) is 4.98 Å². The highest BCUT2D eigenvalue weighted by Gasteiger charge is 2.03. The summed E-state index contributed by atoms with van der Waals surface area (Å²) < 4.78 is 6.01. The van der Waals surface area contributed by atoms with Gasteiger partial charge in [0.15, 0.2) is 0 Å². The molecule has 1 rings (SSSR count). The molecule has 78 valence electrons. The Hall–Kier alpha value is -0.610. The van der Waals surface area contributed by atoms with Gasteiger partial charge in [-0.25, -0.2) is 0 Å². The van der Waals surface area contributed by atoms with Crippen molar-refractivity contribution in [2.75, 3.05) is 19.0 Å². The van der Waals surface area contributed by atoms with Crippen molar-refractivity contribution in [2.45, 2.75) is 19.4 Å². The molecular weight excluding hydrogens is 244 g/mol. The quantitative estimate of drug-likeness (QED) is 0.882. The average Bonchev–Trinajstić information content (AvgIpc) is 2.18. The summed E-state index contributed by atoms with van der Waals surface area (Å²) in [6.07, 6.45) is 4.55. The fourth-order valence-electron chi connectivity index (χ4n) is 1.12. The van der Waals surface area contributed by atoms with Gasteiger partial charge in [-0.15, -0.1) is 0 Å². The van der Waals surface area contributed by atoms with E-state index in [1.165, 1.54) is 0 Å². The van der Waals surface area contributed by atoms with Crippen LogP contribution in [0.1, 0.15) is 13.3 Å². The molecule has 0 amide bonds. The zero-order valence-corrected chi connectivity index (χ0v) is 10.0. The van der Waals surface area contributed by atoms with Crippen molar-refractivity contribution in [3.63, 3.8) is 0 Å². The third-order valence-electron chi connectivity index (χ3n) is 1.93. The molecule has 1 aromatic heterocycles. The minimum Gasteiger partial charge on any atom is -0.385 e. The molecule has 0 aliphatic rings. The molecule has 1 aromatic rings. The summed E-state index contributed by atoms with van der Waals surface area (Å²) in [6.45, 7) is 2.91. The highest BCUT2D eigenvalue weighted by atomic mass is 79.9. The van der Waals surface area contributed by atoms with Gasteiger partial charge in [0.2, 0.25) is 0 Å². The molecule has 1 N–H and O–H groups in total. The Kier molecular flexibility index (Phi) is 4.90. The van der Waals surface area contributed by atoms with E-state index in [4.69, 9.17) is 4.74 Å². The lowest BCUT2D eigenvalue weighted by Gasteiger charge is -2.15.